The van der Waals surface area contributed by atoms with E-state index >= 15 is 0 Å². The van der Waals surface area contributed by atoms with Crippen LogP contribution in [0.1, 0.15) is 23.6 Å². The van der Waals surface area contributed by atoms with Crippen LogP contribution in [0.5, 0.6) is 0 Å². The molecule has 0 saturated heterocycles. The van der Waals surface area contributed by atoms with Crippen LogP contribution in [0.15, 0.2) is 61.2 Å². The summed E-state index contributed by atoms with van der Waals surface area (Å²) < 4.78 is 1.87. The number of nitrogens with zero attached hydrogens (tertiary/aromatic N) is 3. The molecule has 2 aromatic heterocycles. The van der Waals surface area contributed by atoms with Gasteiger partial charge in [0.15, 0.2) is 0 Å². The van der Waals surface area contributed by atoms with Gasteiger partial charge < -0.3 is 5.32 Å². The van der Waals surface area contributed by atoms with Crippen LogP contribution in [0, 0.1) is 0 Å². The quantitative estimate of drug-likeness (QED) is 0.789. The molecule has 0 radical (unpaired) electrons. The van der Waals surface area contributed by atoms with Gasteiger partial charge in [-0.05, 0) is 17.7 Å². The zero-order valence-electron chi connectivity index (χ0n) is 11.8. The lowest BCUT2D eigenvalue weighted by molar-refractivity contribution is -0.116. The number of hydrogen-bond acceptors (Lipinski definition) is 3. The Morgan fingerprint density at radius 2 is 2.00 bits per heavy atom. The first-order valence-electron chi connectivity index (χ1n) is 7.15. The lowest BCUT2D eigenvalue weighted by Crippen LogP contribution is -2.24. The van der Waals surface area contributed by atoms with Crippen molar-refractivity contribution < 1.29 is 4.79 Å². The third kappa shape index (κ3) is 2.07. The van der Waals surface area contributed by atoms with Gasteiger partial charge in [-0.15, -0.1) is 0 Å². The molecule has 1 amide bonds. The molecule has 0 bridgehead atoms. The van der Waals surface area contributed by atoms with Gasteiger partial charge in [0.2, 0.25) is 5.91 Å². The molecular formula is C17H14N4O. The number of fused-ring (bicyclic) bond motifs is 1. The predicted molar refractivity (Wildman–Crippen MR) is 82.9 cm³/mol. The topological polar surface area (TPSA) is 59.8 Å². The van der Waals surface area contributed by atoms with Gasteiger partial charge in [-0.1, -0.05) is 30.3 Å². The summed E-state index contributed by atoms with van der Waals surface area (Å²) in [4.78, 5) is 20.8. The molecule has 5 heteroatoms. The largest absolute Gasteiger partial charge is 0.310 e. The maximum atomic E-state index is 12.1. The monoisotopic (exact) mass is 290 g/mol. The SMILES string of the molecule is O=C1C[C@@H](c2ccccc2)c2ncn(-c3cccnc3)c2N1. The summed E-state index contributed by atoms with van der Waals surface area (Å²) in [5.74, 6) is 0.730. The van der Waals surface area contributed by atoms with E-state index in [2.05, 4.69) is 15.3 Å². The van der Waals surface area contributed by atoms with Crippen LogP contribution in [0.4, 0.5) is 5.82 Å². The number of benzene rings is 1. The Bertz CT molecular complexity index is 811. The van der Waals surface area contributed by atoms with Crippen molar-refractivity contribution in [2.24, 2.45) is 0 Å². The minimum absolute atomic E-state index is 0.00648. The number of pyridine rings is 1. The summed E-state index contributed by atoms with van der Waals surface area (Å²) >= 11 is 0. The van der Waals surface area contributed by atoms with Gasteiger partial charge in [0.25, 0.3) is 0 Å². The van der Waals surface area contributed by atoms with E-state index in [1.54, 1.807) is 18.7 Å². The van der Waals surface area contributed by atoms with Crippen LogP contribution in [0.3, 0.4) is 0 Å². The molecule has 108 valence electrons. The number of amides is 1. The molecule has 0 saturated carbocycles. The van der Waals surface area contributed by atoms with Crippen molar-refractivity contribution in [1.29, 1.82) is 0 Å². The number of carbonyl (C=O) groups is 1. The molecule has 1 atom stereocenters. The van der Waals surface area contributed by atoms with Gasteiger partial charge in [-0.25, -0.2) is 4.98 Å². The first-order chi connectivity index (χ1) is 10.8. The van der Waals surface area contributed by atoms with Gasteiger partial charge in [0, 0.05) is 18.5 Å². The van der Waals surface area contributed by atoms with E-state index in [-0.39, 0.29) is 11.8 Å². The van der Waals surface area contributed by atoms with Crippen molar-refractivity contribution in [3.05, 3.63) is 72.4 Å². The Morgan fingerprint density at radius 3 is 2.77 bits per heavy atom. The Hall–Kier alpha value is -2.95. The van der Waals surface area contributed by atoms with Crippen molar-refractivity contribution in [2.75, 3.05) is 5.32 Å². The summed E-state index contributed by atoms with van der Waals surface area (Å²) in [6, 6.07) is 13.8. The number of imidazole rings is 1. The number of anilines is 1. The molecule has 1 aromatic carbocycles. The third-order valence-electron chi connectivity index (χ3n) is 3.90. The normalized spacial score (nSPS) is 16.9. The molecule has 3 aromatic rings. The zero-order valence-corrected chi connectivity index (χ0v) is 11.8. The maximum Gasteiger partial charge on any atom is 0.226 e. The van der Waals surface area contributed by atoms with E-state index < -0.39 is 0 Å². The van der Waals surface area contributed by atoms with Gasteiger partial charge in [-0.3, -0.25) is 14.3 Å². The smallest absolute Gasteiger partial charge is 0.226 e. The molecule has 0 aliphatic carbocycles. The fraction of sp³-hybridized carbons (Fsp3) is 0.118. The van der Waals surface area contributed by atoms with Crippen molar-refractivity contribution in [1.82, 2.24) is 14.5 Å². The van der Waals surface area contributed by atoms with Crippen molar-refractivity contribution in [3.8, 4) is 5.69 Å². The van der Waals surface area contributed by atoms with Gasteiger partial charge in [-0.2, -0.15) is 0 Å². The molecule has 1 aliphatic heterocycles. The summed E-state index contributed by atoms with van der Waals surface area (Å²) in [7, 11) is 0. The van der Waals surface area contributed by atoms with E-state index in [0.717, 1.165) is 22.8 Å². The van der Waals surface area contributed by atoms with Crippen molar-refractivity contribution in [3.63, 3.8) is 0 Å². The second kappa shape index (κ2) is 5.11. The summed E-state index contributed by atoms with van der Waals surface area (Å²) in [5.41, 5.74) is 2.88. The molecule has 0 unspecified atom stereocenters. The molecule has 1 N–H and O–H groups in total. The molecule has 1 aliphatic rings. The number of rotatable bonds is 2. The second-order valence-corrected chi connectivity index (χ2v) is 5.28. The highest BCUT2D eigenvalue weighted by molar-refractivity contribution is 5.94. The van der Waals surface area contributed by atoms with Crippen LogP contribution in [-0.2, 0) is 4.79 Å². The Labute approximate surface area is 127 Å². The summed E-state index contributed by atoms with van der Waals surface area (Å²) in [6.07, 6.45) is 5.63. The van der Waals surface area contributed by atoms with Crippen LogP contribution in [0.25, 0.3) is 5.69 Å². The molecule has 22 heavy (non-hydrogen) atoms. The fourth-order valence-corrected chi connectivity index (χ4v) is 2.86. The van der Waals surface area contributed by atoms with Crippen LogP contribution < -0.4 is 5.32 Å². The van der Waals surface area contributed by atoms with Crippen molar-refractivity contribution in [2.45, 2.75) is 12.3 Å². The minimum Gasteiger partial charge on any atom is -0.310 e. The van der Waals surface area contributed by atoms with Crippen molar-refractivity contribution >= 4 is 11.7 Å². The molecule has 0 spiro atoms. The van der Waals surface area contributed by atoms with Gasteiger partial charge in [0.05, 0.1) is 17.6 Å². The van der Waals surface area contributed by atoms with Crippen LogP contribution >= 0.6 is 0 Å². The summed E-state index contributed by atoms with van der Waals surface area (Å²) in [6.45, 7) is 0. The second-order valence-electron chi connectivity index (χ2n) is 5.28. The van der Waals surface area contributed by atoms with E-state index in [0.29, 0.717) is 6.42 Å². The standard InChI is InChI=1S/C17H14N4O/c22-15-9-14(12-5-2-1-3-6-12)16-17(20-15)21(11-19-16)13-7-4-8-18-10-13/h1-8,10-11,14H,9H2,(H,20,22)/t14-/m0/s1. The van der Waals surface area contributed by atoms with E-state index in [1.807, 2.05) is 47.0 Å². The third-order valence-corrected chi connectivity index (χ3v) is 3.90. The summed E-state index contributed by atoms with van der Waals surface area (Å²) in [5, 5.41) is 2.94. The van der Waals surface area contributed by atoms with Crippen LogP contribution in [0.2, 0.25) is 0 Å². The molecule has 4 rings (SSSR count). The minimum atomic E-state index is -0.0112. The fourth-order valence-electron chi connectivity index (χ4n) is 2.86. The Balaban J connectivity index is 1.83. The highest BCUT2D eigenvalue weighted by Gasteiger charge is 2.30. The highest BCUT2D eigenvalue weighted by atomic mass is 16.1. The molecule has 3 heterocycles. The van der Waals surface area contributed by atoms with E-state index in [1.165, 1.54) is 0 Å². The Kier molecular flexibility index (Phi) is 2.96. The molecule has 0 fully saturated rings. The van der Waals surface area contributed by atoms with Crippen LogP contribution in [-0.4, -0.2) is 20.4 Å². The molecule has 5 nitrogen and oxygen atoms in total. The first kappa shape index (κ1) is 12.8. The number of aromatic nitrogens is 3. The van der Waals surface area contributed by atoms with E-state index in [9.17, 15) is 4.79 Å². The molecular weight excluding hydrogens is 276 g/mol. The average Bonchev–Trinajstić information content (AvgIpc) is 2.99. The van der Waals surface area contributed by atoms with E-state index in [4.69, 9.17) is 0 Å². The zero-order chi connectivity index (χ0) is 14.9. The maximum absolute atomic E-state index is 12.1. The predicted octanol–water partition coefficient (Wildman–Crippen LogP) is 2.74. The van der Waals surface area contributed by atoms with Gasteiger partial charge >= 0.3 is 0 Å². The van der Waals surface area contributed by atoms with Gasteiger partial charge in [0.1, 0.15) is 12.1 Å². The lowest BCUT2D eigenvalue weighted by Gasteiger charge is -2.23. The number of nitrogens with one attached hydrogen (secondary N) is 1. The average molecular weight is 290 g/mol. The first-order valence-corrected chi connectivity index (χ1v) is 7.15. The lowest BCUT2D eigenvalue weighted by atomic mass is 9.90. The Morgan fingerprint density at radius 1 is 1.14 bits per heavy atom. The number of carbonyl (C=O) groups excluding carboxylic acids is 1. The highest BCUT2D eigenvalue weighted by Crippen LogP contribution is 2.36. The number of hydrogen-bond donors (Lipinski definition) is 1.